The lowest BCUT2D eigenvalue weighted by Gasteiger charge is -2.26. The van der Waals surface area contributed by atoms with E-state index in [0.29, 0.717) is 22.7 Å². The van der Waals surface area contributed by atoms with E-state index in [1.54, 1.807) is 36.4 Å². The number of halogens is 3. The van der Waals surface area contributed by atoms with Crippen molar-refractivity contribution in [1.29, 1.82) is 0 Å². The monoisotopic (exact) mass is 627 g/mol. The number of hydrogen-bond acceptors (Lipinski definition) is 7. The molecule has 1 aliphatic rings. The van der Waals surface area contributed by atoms with Crippen molar-refractivity contribution in [2.75, 3.05) is 15.5 Å². The molecule has 0 radical (unpaired) electrons. The van der Waals surface area contributed by atoms with Crippen LogP contribution in [0.2, 0.25) is 0 Å². The number of rotatable bonds is 8. The van der Waals surface area contributed by atoms with Crippen molar-refractivity contribution in [3.63, 3.8) is 0 Å². The van der Waals surface area contributed by atoms with Crippen molar-refractivity contribution < 1.29 is 31.2 Å². The molecule has 0 bridgehead atoms. The third-order valence-corrected chi connectivity index (χ3v) is 8.84. The van der Waals surface area contributed by atoms with Crippen molar-refractivity contribution in [2.24, 2.45) is 0 Å². The maximum Gasteiger partial charge on any atom is 0.501 e. The number of alkyl halides is 3. The number of carbonyl (C=O) groups is 2. The summed E-state index contributed by atoms with van der Waals surface area (Å²) < 4.78 is 63.2. The molecule has 0 unspecified atom stereocenters. The number of aromatic nitrogens is 4. The molecule has 230 valence electrons. The zero-order valence-corrected chi connectivity index (χ0v) is 24.0. The number of aromatic amines is 1. The molecule has 44 heavy (non-hydrogen) atoms. The minimum atomic E-state index is -5.61. The first-order valence-electron chi connectivity index (χ1n) is 13.7. The van der Waals surface area contributed by atoms with E-state index in [2.05, 4.69) is 31.3 Å². The number of sulfone groups is 1. The van der Waals surface area contributed by atoms with Crippen LogP contribution in [0.1, 0.15) is 59.5 Å². The molecule has 3 aromatic carbocycles. The molecule has 1 fully saturated rings. The highest BCUT2D eigenvalue weighted by Crippen LogP contribution is 2.34. The Labute approximate surface area is 250 Å². The van der Waals surface area contributed by atoms with Crippen LogP contribution in [0.3, 0.4) is 0 Å². The molecule has 15 heteroatoms. The van der Waals surface area contributed by atoms with Gasteiger partial charge in [-0.3, -0.25) is 15.0 Å². The predicted octanol–water partition coefficient (Wildman–Crippen LogP) is 6.03. The van der Waals surface area contributed by atoms with Gasteiger partial charge in [0.1, 0.15) is 0 Å². The Hall–Kier alpha value is -4.79. The molecule has 0 aliphatic heterocycles. The molecular formula is C29H28F3N7O4S. The molecule has 0 saturated heterocycles. The number of tetrazole rings is 1. The van der Waals surface area contributed by atoms with Crippen molar-refractivity contribution in [3.8, 4) is 0 Å². The third kappa shape index (κ3) is 7.05. The fourth-order valence-electron chi connectivity index (χ4n) is 5.04. The Morgan fingerprint density at radius 1 is 0.932 bits per heavy atom. The van der Waals surface area contributed by atoms with Gasteiger partial charge >= 0.3 is 11.5 Å². The van der Waals surface area contributed by atoms with Gasteiger partial charge in [-0.05, 0) is 77.6 Å². The van der Waals surface area contributed by atoms with E-state index in [-0.39, 0.29) is 18.2 Å². The number of anilines is 3. The van der Waals surface area contributed by atoms with Gasteiger partial charge in [0.05, 0.1) is 11.4 Å². The fourth-order valence-corrected chi connectivity index (χ4v) is 5.85. The van der Waals surface area contributed by atoms with Crippen LogP contribution in [0.4, 0.5) is 35.3 Å². The second kappa shape index (κ2) is 12.8. The van der Waals surface area contributed by atoms with E-state index in [1.165, 1.54) is 17.4 Å². The molecular weight excluding hydrogens is 599 g/mol. The molecule has 0 spiro atoms. The second-order valence-electron chi connectivity index (χ2n) is 10.3. The summed E-state index contributed by atoms with van der Waals surface area (Å²) in [6.07, 6.45) is 5.71. The number of nitrogens with one attached hydrogen (secondary N) is 3. The zero-order chi connectivity index (χ0) is 31.3. The topological polar surface area (TPSA) is 150 Å². The van der Waals surface area contributed by atoms with E-state index in [0.717, 1.165) is 49.4 Å². The molecule has 3 amide bonds. The first-order valence-corrected chi connectivity index (χ1v) is 15.2. The molecule has 0 atom stereocenters. The first kappa shape index (κ1) is 30.7. The van der Waals surface area contributed by atoms with Crippen LogP contribution in [-0.4, -0.2) is 46.5 Å². The highest BCUT2D eigenvalue weighted by atomic mass is 32.2. The second-order valence-corrected chi connectivity index (χ2v) is 12.2. The number of benzene rings is 3. The van der Waals surface area contributed by atoms with Gasteiger partial charge in [0.2, 0.25) is 0 Å². The summed E-state index contributed by atoms with van der Waals surface area (Å²) in [5.41, 5.74) is -3.00. The number of nitrogens with zero attached hydrogens (tertiary/aromatic N) is 4. The van der Waals surface area contributed by atoms with Crippen LogP contribution in [0.5, 0.6) is 0 Å². The van der Waals surface area contributed by atoms with Gasteiger partial charge in [0, 0.05) is 16.9 Å². The van der Waals surface area contributed by atoms with Gasteiger partial charge in [-0.25, -0.2) is 13.2 Å². The quantitative estimate of drug-likeness (QED) is 0.216. The molecule has 11 nitrogen and oxygen atoms in total. The summed E-state index contributed by atoms with van der Waals surface area (Å²) in [5.74, 6) is -0.0326. The van der Waals surface area contributed by atoms with E-state index < -0.39 is 32.2 Å². The molecule has 5 rings (SSSR count). The van der Waals surface area contributed by atoms with Gasteiger partial charge in [-0.2, -0.15) is 18.4 Å². The van der Waals surface area contributed by atoms with E-state index in [4.69, 9.17) is 0 Å². The van der Waals surface area contributed by atoms with Gasteiger partial charge in [-0.1, -0.05) is 54.7 Å². The molecule has 3 N–H and O–H groups in total. The number of H-pyrrole nitrogens is 1. The Bertz CT molecular complexity index is 1710. The lowest BCUT2D eigenvalue weighted by molar-refractivity contribution is -0.0436. The lowest BCUT2D eigenvalue weighted by Crippen LogP contribution is -2.34. The van der Waals surface area contributed by atoms with Crippen molar-refractivity contribution in [3.05, 3.63) is 89.5 Å². The minimum Gasteiger partial charge on any atom is -0.307 e. The maximum absolute atomic E-state index is 13.6. The summed E-state index contributed by atoms with van der Waals surface area (Å²) in [6, 6.07) is 17.3. The van der Waals surface area contributed by atoms with Crippen LogP contribution in [-0.2, 0) is 16.4 Å². The summed E-state index contributed by atoms with van der Waals surface area (Å²) in [6.45, 7) is 0.0297. The number of hydrogen-bond donors (Lipinski definition) is 3. The van der Waals surface area contributed by atoms with E-state index in [1.807, 2.05) is 12.1 Å². The van der Waals surface area contributed by atoms with Crippen molar-refractivity contribution >= 4 is 39.1 Å². The van der Waals surface area contributed by atoms with Crippen molar-refractivity contribution in [2.45, 2.75) is 55.0 Å². The molecule has 1 heterocycles. The third-order valence-electron chi connectivity index (χ3n) is 7.35. The van der Waals surface area contributed by atoms with Crippen LogP contribution >= 0.6 is 0 Å². The highest BCUT2D eigenvalue weighted by molar-refractivity contribution is 7.92. The van der Waals surface area contributed by atoms with Crippen molar-refractivity contribution in [1.82, 2.24) is 20.6 Å². The largest absolute Gasteiger partial charge is 0.501 e. The Kier molecular flexibility index (Phi) is 8.94. The van der Waals surface area contributed by atoms with Crippen LogP contribution in [0, 0.1) is 0 Å². The van der Waals surface area contributed by atoms with Gasteiger partial charge < -0.3 is 5.32 Å². The fraction of sp³-hybridized carbons (Fsp3) is 0.276. The summed E-state index contributed by atoms with van der Waals surface area (Å²) >= 11 is 0. The summed E-state index contributed by atoms with van der Waals surface area (Å²) in [5, 5.41) is 18.0. The molecule has 4 aromatic rings. The number of carbonyl (C=O) groups excluding carboxylic acids is 2. The zero-order valence-electron chi connectivity index (χ0n) is 23.2. The SMILES string of the molecule is O=C(Nc1nn[nH]n1)c1ccc(CN(C(=O)Nc2cccc(S(=O)(=O)C(F)(F)F)c2)c2ccc(C3CCCCC3)cc2)cc1. The average Bonchev–Trinajstić information content (AvgIpc) is 3.53. The lowest BCUT2D eigenvalue weighted by atomic mass is 9.84. The number of urea groups is 1. The predicted molar refractivity (Wildman–Crippen MR) is 156 cm³/mol. The molecule has 1 aromatic heterocycles. The van der Waals surface area contributed by atoms with E-state index in [9.17, 15) is 31.2 Å². The average molecular weight is 628 g/mol. The maximum atomic E-state index is 13.6. The smallest absolute Gasteiger partial charge is 0.307 e. The van der Waals surface area contributed by atoms with Crippen LogP contribution < -0.4 is 15.5 Å². The van der Waals surface area contributed by atoms with Gasteiger partial charge in [0.15, 0.2) is 0 Å². The minimum absolute atomic E-state index is 0.00528. The normalized spacial score (nSPS) is 14.2. The molecule has 1 saturated carbocycles. The Balaban J connectivity index is 1.39. The van der Waals surface area contributed by atoms with E-state index >= 15 is 0 Å². The standard InChI is InChI=1S/C29H28F3N7O4S/c30-29(31,32)44(42,43)25-8-4-7-23(17-25)33-28(41)39(24-15-13-21(14-16-24)20-5-2-1-3-6-20)18-19-9-11-22(12-10-19)26(40)34-27-35-37-38-36-27/h4,7-17,20H,1-3,5-6,18H2,(H,33,41)(H2,34,35,36,37,38,40). The highest BCUT2D eigenvalue weighted by Gasteiger charge is 2.47. The first-order chi connectivity index (χ1) is 21.0. The summed E-state index contributed by atoms with van der Waals surface area (Å²) in [4.78, 5) is 26.4. The summed E-state index contributed by atoms with van der Waals surface area (Å²) in [7, 11) is -5.61. The Morgan fingerprint density at radius 2 is 1.64 bits per heavy atom. The van der Waals surface area contributed by atoms with Crippen LogP contribution in [0.15, 0.2) is 77.7 Å². The Morgan fingerprint density at radius 3 is 2.27 bits per heavy atom. The van der Waals surface area contributed by atoms with Gasteiger partial charge in [-0.15, -0.1) is 5.10 Å². The van der Waals surface area contributed by atoms with Gasteiger partial charge in [0.25, 0.3) is 21.7 Å². The molecule has 1 aliphatic carbocycles. The number of amides is 3. The van der Waals surface area contributed by atoms with Crippen LogP contribution in [0.25, 0.3) is 0 Å².